The number of nitrogens with two attached hydrogens (primary N) is 2. The Hall–Kier alpha value is -3.72. The Kier molecular flexibility index (Phi) is 16.8. The van der Waals surface area contributed by atoms with Crippen LogP contribution in [0.5, 0.6) is 17.2 Å². The summed E-state index contributed by atoms with van der Waals surface area (Å²) in [7, 11) is -3.72. The second kappa shape index (κ2) is 21.5. The lowest BCUT2D eigenvalue weighted by Crippen LogP contribution is -2.45. The van der Waals surface area contributed by atoms with E-state index >= 15 is 0 Å². The number of phenols is 1. The number of carbonyl (C=O) groups is 3. The predicted molar refractivity (Wildman–Crippen MR) is 217 cm³/mol. The topological polar surface area (TPSA) is 217 Å². The van der Waals surface area contributed by atoms with Crippen molar-refractivity contribution in [3.05, 3.63) is 47.0 Å². The Morgan fingerprint density at radius 2 is 1.67 bits per heavy atom. The summed E-state index contributed by atoms with van der Waals surface area (Å²) in [6.45, 7) is 7.93. The minimum Gasteiger partial charge on any atom is -0.505 e. The largest absolute Gasteiger partial charge is 0.530 e. The highest BCUT2D eigenvalue weighted by molar-refractivity contribution is 7.48. The number of hydrogen-bond acceptors (Lipinski definition) is 13. The minimum atomic E-state index is -3.72. The van der Waals surface area contributed by atoms with Crippen molar-refractivity contribution in [3.8, 4) is 17.2 Å². The van der Waals surface area contributed by atoms with Gasteiger partial charge in [-0.3, -0.25) is 18.6 Å². The van der Waals surface area contributed by atoms with Crippen LogP contribution in [0.1, 0.15) is 112 Å². The molecular weight excluding hydrogens is 769 g/mol. The summed E-state index contributed by atoms with van der Waals surface area (Å²) in [5.74, 6) is -0.577. The van der Waals surface area contributed by atoms with Crippen molar-refractivity contribution in [3.63, 3.8) is 0 Å². The zero-order valence-electron chi connectivity index (χ0n) is 34.2. The predicted octanol–water partition coefficient (Wildman–Crippen LogP) is 6.58. The van der Waals surface area contributed by atoms with E-state index in [0.717, 1.165) is 64.2 Å². The number of phosphoric ester groups is 1. The van der Waals surface area contributed by atoms with Gasteiger partial charge in [-0.15, -0.1) is 0 Å². The number of amides is 2. The van der Waals surface area contributed by atoms with Crippen LogP contribution in [0.25, 0.3) is 0 Å². The van der Waals surface area contributed by atoms with E-state index in [1.165, 1.54) is 23.3 Å². The Labute approximate surface area is 341 Å². The Morgan fingerprint density at radius 3 is 2.40 bits per heavy atom. The molecule has 16 heteroatoms. The van der Waals surface area contributed by atoms with E-state index in [1.54, 1.807) is 0 Å². The normalized spacial score (nSPS) is 22.4. The number of hydrogen-bond donors (Lipinski definition) is 4. The second-order valence-corrected chi connectivity index (χ2v) is 17.2. The number of carbonyl (C=O) groups excluding carboxylic acids is 3. The number of rotatable bonds is 24. The Bertz CT molecular complexity index is 1750. The van der Waals surface area contributed by atoms with Crippen molar-refractivity contribution >= 4 is 31.3 Å². The first-order valence-corrected chi connectivity index (χ1v) is 22.2. The number of ether oxygens (including phenoxy) is 4. The molecule has 2 fully saturated rings. The fourth-order valence-electron chi connectivity index (χ4n) is 8.79. The number of primary amides is 1. The maximum Gasteiger partial charge on any atom is 0.530 e. The van der Waals surface area contributed by atoms with E-state index in [-0.39, 0.29) is 55.1 Å². The number of nitrogens with one attached hydrogen (secondary N) is 1. The van der Waals surface area contributed by atoms with Gasteiger partial charge in [0.25, 0.3) is 5.91 Å². The van der Waals surface area contributed by atoms with Gasteiger partial charge in [-0.2, -0.15) is 0 Å². The zero-order valence-corrected chi connectivity index (χ0v) is 35.1. The van der Waals surface area contributed by atoms with E-state index < -0.39 is 37.6 Å². The molecule has 0 bridgehead atoms. The van der Waals surface area contributed by atoms with E-state index in [4.69, 9.17) is 44.0 Å². The number of anilines is 1. The number of phosphoric acid groups is 1. The molecule has 3 aliphatic rings. The minimum absolute atomic E-state index is 0.0641. The summed E-state index contributed by atoms with van der Waals surface area (Å²) in [4.78, 5) is 36.3. The molecule has 0 heterocycles. The molecule has 15 nitrogen and oxygen atoms in total. The molecule has 322 valence electrons. The zero-order chi connectivity index (χ0) is 41.7. The van der Waals surface area contributed by atoms with Crippen molar-refractivity contribution in [2.75, 3.05) is 58.5 Å². The second-order valence-electron chi connectivity index (χ2n) is 15.6. The number of esters is 1. The molecule has 2 aromatic rings. The molecule has 0 aromatic heterocycles. The molecule has 2 amide bonds. The van der Waals surface area contributed by atoms with E-state index in [1.807, 2.05) is 12.1 Å². The molecule has 0 aliphatic heterocycles. The van der Waals surface area contributed by atoms with Crippen LogP contribution in [0.2, 0.25) is 0 Å². The van der Waals surface area contributed by atoms with Gasteiger partial charge in [0.2, 0.25) is 5.91 Å². The van der Waals surface area contributed by atoms with Crippen LogP contribution < -0.4 is 26.0 Å². The van der Waals surface area contributed by atoms with E-state index in [2.05, 4.69) is 32.2 Å². The molecule has 5 unspecified atom stereocenters. The third-order valence-electron chi connectivity index (χ3n) is 11.8. The van der Waals surface area contributed by atoms with Crippen LogP contribution in [0.15, 0.2) is 30.3 Å². The van der Waals surface area contributed by atoms with Crippen LogP contribution in [0.4, 0.5) is 5.69 Å². The average molecular weight is 832 g/mol. The maximum atomic E-state index is 13.5. The van der Waals surface area contributed by atoms with Crippen LogP contribution >= 0.6 is 7.82 Å². The summed E-state index contributed by atoms with van der Waals surface area (Å²) in [5, 5.41) is 12.8. The lowest BCUT2D eigenvalue weighted by atomic mass is 9.55. The Balaban J connectivity index is 0.981. The van der Waals surface area contributed by atoms with Gasteiger partial charge in [-0.05, 0) is 110 Å². The number of aryl methyl sites for hydroxylation is 1. The SMILES string of the molecule is CCCCOP(=O)(OCCCC)Oc1ccc2c(c1)CCC1C2CCC2(C)C(OCCC(=O)NCCOCCOCC(=O)Oc3ccc(N)c(O)c3C(N)=O)CCC12. The number of benzene rings is 2. The molecule has 5 atom stereocenters. The lowest BCUT2D eigenvalue weighted by molar-refractivity contribution is -0.140. The maximum absolute atomic E-state index is 13.5. The molecule has 2 saturated carbocycles. The molecule has 58 heavy (non-hydrogen) atoms. The molecule has 0 spiro atoms. The highest BCUT2D eigenvalue weighted by Crippen LogP contribution is 2.62. The number of fused-ring (bicyclic) bond motifs is 5. The third kappa shape index (κ3) is 11.7. The van der Waals surface area contributed by atoms with Crippen molar-refractivity contribution in [2.24, 2.45) is 23.0 Å². The molecule has 2 aromatic carbocycles. The molecule has 6 N–H and O–H groups in total. The van der Waals surface area contributed by atoms with Gasteiger partial charge < -0.3 is 45.4 Å². The van der Waals surface area contributed by atoms with Crippen molar-refractivity contribution < 1.29 is 56.6 Å². The molecule has 0 saturated heterocycles. The van der Waals surface area contributed by atoms with Crippen LogP contribution in [0, 0.1) is 17.3 Å². The Morgan fingerprint density at radius 1 is 0.931 bits per heavy atom. The average Bonchev–Trinajstić information content (AvgIpc) is 3.53. The first kappa shape index (κ1) is 45.4. The number of nitrogen functional groups attached to an aromatic ring is 1. The molecule has 5 rings (SSSR count). The lowest BCUT2D eigenvalue weighted by Gasteiger charge is -2.50. The monoisotopic (exact) mass is 831 g/mol. The fraction of sp³-hybridized carbons (Fsp3) is 0.643. The molecule has 0 radical (unpaired) electrons. The van der Waals surface area contributed by atoms with Crippen molar-refractivity contribution in [1.82, 2.24) is 5.32 Å². The van der Waals surface area contributed by atoms with Crippen molar-refractivity contribution in [2.45, 2.75) is 103 Å². The van der Waals surface area contributed by atoms with Gasteiger partial charge in [-0.25, -0.2) is 9.36 Å². The standard InChI is InChI=1S/C42H62N3O12P/c1-4-6-20-54-58(50,55-21-7-5-2)57-29-9-11-30-28(26-29)8-10-32-31(30)16-18-42(3)33(32)12-15-36(42)53-22-17-37(46)45-19-23-51-24-25-52-27-38(47)56-35-14-13-34(43)40(48)39(35)41(44)49/h9,11,13-14,26,31-33,36,48H,4-8,10,12,15-25,27,43H2,1-3H3,(H2,44,49)(H,45,46). The highest BCUT2D eigenvalue weighted by atomic mass is 31.2. The first-order valence-electron chi connectivity index (χ1n) is 20.8. The third-order valence-corrected chi connectivity index (χ3v) is 13.2. The quantitative estimate of drug-likeness (QED) is 0.0220. The summed E-state index contributed by atoms with van der Waals surface area (Å²) >= 11 is 0. The number of unbranched alkanes of at least 4 members (excludes halogenated alkanes) is 2. The van der Waals surface area contributed by atoms with Crippen LogP contribution in [0.3, 0.4) is 0 Å². The number of aromatic hydroxyl groups is 1. The van der Waals surface area contributed by atoms with Crippen LogP contribution in [-0.4, -0.2) is 81.8 Å². The molecular formula is C42H62N3O12P. The van der Waals surface area contributed by atoms with Crippen LogP contribution in [-0.2, 0) is 43.8 Å². The summed E-state index contributed by atoms with van der Waals surface area (Å²) in [6, 6.07) is 8.66. The van der Waals surface area contributed by atoms with Gasteiger partial charge >= 0.3 is 13.8 Å². The highest BCUT2D eigenvalue weighted by Gasteiger charge is 2.55. The first-order chi connectivity index (χ1) is 27.9. The summed E-state index contributed by atoms with van der Waals surface area (Å²) < 4.78 is 53.0. The van der Waals surface area contributed by atoms with E-state index in [0.29, 0.717) is 49.9 Å². The van der Waals surface area contributed by atoms with Gasteiger partial charge in [-0.1, -0.05) is 39.7 Å². The van der Waals surface area contributed by atoms with Crippen molar-refractivity contribution in [1.29, 1.82) is 0 Å². The van der Waals surface area contributed by atoms with Gasteiger partial charge in [0, 0.05) is 13.0 Å². The summed E-state index contributed by atoms with van der Waals surface area (Å²) in [5.41, 5.74) is 13.1. The smallest absolute Gasteiger partial charge is 0.505 e. The fourth-order valence-corrected chi connectivity index (χ4v) is 10.0. The van der Waals surface area contributed by atoms with E-state index in [9.17, 15) is 24.1 Å². The summed E-state index contributed by atoms with van der Waals surface area (Å²) in [6.07, 6.45) is 10.1. The van der Waals surface area contributed by atoms with Gasteiger partial charge in [0.15, 0.2) is 5.75 Å². The van der Waals surface area contributed by atoms with Gasteiger partial charge in [0.05, 0.1) is 51.4 Å². The molecule has 3 aliphatic carbocycles. The van der Waals surface area contributed by atoms with Gasteiger partial charge in [0.1, 0.15) is 23.7 Å².